The van der Waals surface area contributed by atoms with Crippen LogP contribution in [0, 0.1) is 0 Å². The normalized spacial score (nSPS) is 12.0. The van der Waals surface area contributed by atoms with E-state index in [4.69, 9.17) is 0 Å². The van der Waals surface area contributed by atoms with E-state index in [0.717, 1.165) is 3.43 Å². The zero-order valence-electron chi connectivity index (χ0n) is 8.24. The molecular weight excluding hydrogens is 239 g/mol. The molecule has 0 aliphatic heterocycles. The molecule has 0 amide bonds. The molecule has 1 heteroatoms. The number of rotatable bonds is 6. The quantitative estimate of drug-likeness (QED) is 0.504. The number of hydrogen-bond acceptors (Lipinski definition) is 0. The maximum atomic E-state index is 2.34. The number of unbranched alkanes of at least 4 members (excludes halogenated alkanes) is 2. The van der Waals surface area contributed by atoms with Crippen molar-refractivity contribution in [2.75, 3.05) is 0 Å². The Kier molecular flexibility index (Phi) is 6.79. The van der Waals surface area contributed by atoms with E-state index in [-0.39, 0.29) is 0 Å². The van der Waals surface area contributed by atoms with Crippen LogP contribution in [0.1, 0.15) is 59.3 Å². The van der Waals surface area contributed by atoms with Gasteiger partial charge in [0.1, 0.15) is 0 Å². The molecule has 0 aromatic heterocycles. The molecule has 0 saturated heterocycles. The molecule has 0 aliphatic carbocycles. The van der Waals surface area contributed by atoms with E-state index in [1.54, 1.807) is 22.5 Å². The van der Waals surface area contributed by atoms with Gasteiger partial charge in [-0.15, -0.1) is 0 Å². The van der Waals surface area contributed by atoms with Gasteiger partial charge in [-0.1, -0.05) is 0 Å². The Bertz CT molecular complexity index is 84.9. The van der Waals surface area contributed by atoms with Gasteiger partial charge in [0.25, 0.3) is 0 Å². The average molecular weight is 260 g/mol. The van der Waals surface area contributed by atoms with Crippen molar-refractivity contribution in [1.82, 2.24) is 0 Å². The summed E-state index contributed by atoms with van der Waals surface area (Å²) in [4.78, 5) is 0. The molecule has 0 unspecified atom stereocenters. The molecule has 0 bridgehead atoms. The van der Waals surface area contributed by atoms with E-state index in [1.165, 1.54) is 38.5 Å². The van der Waals surface area contributed by atoms with Crippen LogP contribution in [0.15, 0.2) is 0 Å². The fraction of sp³-hybridized carbons (Fsp3) is 1.00. The molecule has 65 valence electrons. The van der Waals surface area contributed by atoms with Crippen LogP contribution >= 0.6 is 0 Å². The van der Waals surface area contributed by atoms with Gasteiger partial charge < -0.3 is 0 Å². The van der Waals surface area contributed by atoms with Crippen molar-refractivity contribution in [2.45, 2.75) is 62.7 Å². The summed E-state index contributed by atoms with van der Waals surface area (Å²) in [6, 6.07) is 0. The SMILES string of the molecule is CCCCC[C]([Sn])(CC)CC. The Balaban J connectivity index is 3.51. The third-order valence-corrected chi connectivity index (χ3v) is 5.34. The van der Waals surface area contributed by atoms with Crippen molar-refractivity contribution in [1.29, 1.82) is 0 Å². The first-order valence-corrected chi connectivity index (χ1v) is 6.36. The standard InChI is InChI=1S/C10H21.Sn/c1-4-7-8-9-10(5-2)6-3;/h4-9H2,1-3H3;. The Morgan fingerprint density at radius 2 is 1.55 bits per heavy atom. The molecule has 11 heavy (non-hydrogen) atoms. The maximum absolute atomic E-state index is 2.34. The van der Waals surface area contributed by atoms with Crippen LogP contribution in [0.3, 0.4) is 0 Å². The van der Waals surface area contributed by atoms with Gasteiger partial charge in [-0.3, -0.25) is 0 Å². The van der Waals surface area contributed by atoms with E-state index in [0.29, 0.717) is 0 Å². The van der Waals surface area contributed by atoms with Crippen molar-refractivity contribution in [2.24, 2.45) is 0 Å². The minimum atomic E-state index is 0.724. The van der Waals surface area contributed by atoms with E-state index < -0.39 is 0 Å². The summed E-state index contributed by atoms with van der Waals surface area (Å²) in [5, 5.41) is 0. The van der Waals surface area contributed by atoms with Crippen LogP contribution in [-0.2, 0) is 0 Å². The van der Waals surface area contributed by atoms with Gasteiger partial charge in [-0.05, 0) is 0 Å². The molecule has 0 aromatic rings. The van der Waals surface area contributed by atoms with Gasteiger partial charge in [-0.25, -0.2) is 0 Å². The second-order valence-corrected chi connectivity index (χ2v) is 6.47. The summed E-state index contributed by atoms with van der Waals surface area (Å²) in [5.41, 5.74) is 0. The van der Waals surface area contributed by atoms with E-state index in [2.05, 4.69) is 20.8 Å². The first-order valence-electron chi connectivity index (χ1n) is 4.93. The molecule has 0 aromatic carbocycles. The van der Waals surface area contributed by atoms with Crippen molar-refractivity contribution >= 4 is 22.5 Å². The van der Waals surface area contributed by atoms with Crippen LogP contribution in [0.5, 0.6) is 0 Å². The third-order valence-electron chi connectivity index (χ3n) is 2.61. The van der Waals surface area contributed by atoms with Crippen LogP contribution in [0.4, 0.5) is 0 Å². The Morgan fingerprint density at radius 3 is 1.91 bits per heavy atom. The van der Waals surface area contributed by atoms with Gasteiger partial charge in [0.2, 0.25) is 0 Å². The summed E-state index contributed by atoms with van der Waals surface area (Å²) in [5.74, 6) is 0. The molecule has 0 atom stereocenters. The molecule has 0 fully saturated rings. The second-order valence-electron chi connectivity index (χ2n) is 3.44. The topological polar surface area (TPSA) is 0 Å². The summed E-state index contributed by atoms with van der Waals surface area (Å²) >= 11 is 1.75. The summed E-state index contributed by atoms with van der Waals surface area (Å²) in [7, 11) is 0. The zero-order valence-corrected chi connectivity index (χ0v) is 11.1. The van der Waals surface area contributed by atoms with Crippen LogP contribution in [0.2, 0.25) is 3.43 Å². The minimum absolute atomic E-state index is 0.724. The first-order chi connectivity index (χ1) is 5.18. The molecule has 0 heterocycles. The van der Waals surface area contributed by atoms with Crippen molar-refractivity contribution < 1.29 is 0 Å². The molecule has 0 saturated carbocycles. The van der Waals surface area contributed by atoms with Crippen molar-refractivity contribution in [3.63, 3.8) is 0 Å². The molecule has 3 radical (unpaired) electrons. The predicted octanol–water partition coefficient (Wildman–Crippen LogP) is 3.71. The molecule has 0 spiro atoms. The molecule has 0 aliphatic rings. The predicted molar refractivity (Wildman–Crippen MR) is 53.2 cm³/mol. The van der Waals surface area contributed by atoms with E-state index >= 15 is 0 Å². The van der Waals surface area contributed by atoms with Crippen LogP contribution < -0.4 is 0 Å². The van der Waals surface area contributed by atoms with Gasteiger partial charge >= 0.3 is 85.3 Å². The summed E-state index contributed by atoms with van der Waals surface area (Å²) in [6.45, 7) is 6.96. The molecular formula is C10H21Sn. The molecule has 0 nitrogen and oxygen atoms in total. The molecule has 0 N–H and O–H groups in total. The Morgan fingerprint density at radius 1 is 1.00 bits per heavy atom. The fourth-order valence-corrected chi connectivity index (χ4v) is 1.82. The third kappa shape index (κ3) is 5.10. The first kappa shape index (κ1) is 11.8. The average Bonchev–Trinajstić information content (AvgIpc) is 2.05. The number of hydrogen-bond donors (Lipinski definition) is 0. The van der Waals surface area contributed by atoms with Gasteiger partial charge in [0.15, 0.2) is 0 Å². The van der Waals surface area contributed by atoms with Crippen molar-refractivity contribution in [3.8, 4) is 0 Å². The van der Waals surface area contributed by atoms with Crippen molar-refractivity contribution in [3.05, 3.63) is 0 Å². The second kappa shape index (κ2) is 6.33. The summed E-state index contributed by atoms with van der Waals surface area (Å²) < 4.78 is 0.724. The summed E-state index contributed by atoms with van der Waals surface area (Å²) in [6.07, 6.45) is 8.46. The van der Waals surface area contributed by atoms with Crippen LogP contribution in [-0.4, -0.2) is 22.5 Å². The Labute approximate surface area is 85.2 Å². The van der Waals surface area contributed by atoms with Gasteiger partial charge in [0.05, 0.1) is 0 Å². The van der Waals surface area contributed by atoms with Gasteiger partial charge in [-0.2, -0.15) is 0 Å². The van der Waals surface area contributed by atoms with E-state index in [1.807, 2.05) is 0 Å². The van der Waals surface area contributed by atoms with Crippen LogP contribution in [0.25, 0.3) is 0 Å². The van der Waals surface area contributed by atoms with E-state index in [9.17, 15) is 0 Å². The van der Waals surface area contributed by atoms with Gasteiger partial charge in [0, 0.05) is 0 Å². The fourth-order valence-electron chi connectivity index (χ4n) is 1.32. The monoisotopic (exact) mass is 261 g/mol. The zero-order chi connectivity index (χ0) is 8.74. The Hall–Kier alpha value is 0.799. The molecule has 0 rings (SSSR count).